The van der Waals surface area contributed by atoms with Crippen molar-refractivity contribution in [3.8, 4) is 0 Å². The van der Waals surface area contributed by atoms with Crippen molar-refractivity contribution in [1.82, 2.24) is 15.2 Å². The Labute approximate surface area is 55.4 Å². The number of nitrogens with one attached hydrogen (secondary N) is 1. The van der Waals surface area contributed by atoms with Crippen molar-refractivity contribution in [2.45, 2.75) is 6.92 Å². The van der Waals surface area contributed by atoms with Crippen LogP contribution in [0.2, 0.25) is 0 Å². The van der Waals surface area contributed by atoms with Gasteiger partial charge in [-0.15, -0.1) is 5.10 Å². The van der Waals surface area contributed by atoms with E-state index in [1.54, 1.807) is 0 Å². The lowest BCUT2D eigenvalue weighted by atomic mass is 10.7. The fraction of sp³-hybridized carbons (Fsp3) is 0.600. The molecule has 0 aliphatic carbocycles. The topological polar surface area (TPSA) is 44.8 Å². The van der Waals surface area contributed by atoms with Gasteiger partial charge in [-0.1, -0.05) is 0 Å². The van der Waals surface area contributed by atoms with Gasteiger partial charge in [0.05, 0.1) is 0 Å². The van der Waals surface area contributed by atoms with Crippen LogP contribution in [0.25, 0.3) is 0 Å². The van der Waals surface area contributed by atoms with Crippen LogP contribution in [0.5, 0.6) is 0 Å². The van der Waals surface area contributed by atoms with Crippen molar-refractivity contribution in [3.63, 3.8) is 0 Å². The van der Waals surface area contributed by atoms with E-state index >= 15 is 0 Å². The summed E-state index contributed by atoms with van der Waals surface area (Å²) in [6, 6.07) is 0. The number of rotatable bonds is 1. The minimum atomic E-state index is 0. The van der Waals surface area contributed by atoms with E-state index in [0.29, 0.717) is 0 Å². The maximum Gasteiger partial charge on any atom is 0.244 e. The van der Waals surface area contributed by atoms with Gasteiger partial charge in [-0.25, -0.2) is 0 Å². The lowest BCUT2D eigenvalue weighted by Crippen LogP contribution is -2.10. The number of nitrogens with zero attached hydrogens (tertiary/aromatic N) is 3. The summed E-state index contributed by atoms with van der Waals surface area (Å²) in [6.45, 7) is 1.88. The van der Waals surface area contributed by atoms with E-state index in [1.807, 2.05) is 25.9 Å². The average molecular weight is 128 g/mol. The summed E-state index contributed by atoms with van der Waals surface area (Å²) in [4.78, 5) is 5.92. The molecule has 0 saturated heterocycles. The monoisotopic (exact) mass is 128 g/mol. The second-order valence-corrected chi connectivity index (χ2v) is 2.12. The number of aromatic amines is 1. The first-order valence-electron chi connectivity index (χ1n) is 2.76. The largest absolute Gasteiger partial charge is 0.346 e. The van der Waals surface area contributed by atoms with Crippen LogP contribution < -0.4 is 4.90 Å². The van der Waals surface area contributed by atoms with Crippen molar-refractivity contribution in [3.05, 3.63) is 5.82 Å². The van der Waals surface area contributed by atoms with Gasteiger partial charge in [-0.3, -0.25) is 5.10 Å². The Balaban J connectivity index is 0.000000810. The first-order chi connectivity index (χ1) is 4.20. The first kappa shape index (κ1) is 6.07. The molecule has 0 aromatic carbocycles. The van der Waals surface area contributed by atoms with E-state index in [9.17, 15) is 0 Å². The smallest absolute Gasteiger partial charge is 0.244 e. The number of H-pyrrole nitrogens is 1. The van der Waals surface area contributed by atoms with E-state index in [4.69, 9.17) is 0 Å². The van der Waals surface area contributed by atoms with E-state index in [0.717, 1.165) is 11.8 Å². The van der Waals surface area contributed by atoms with Crippen LogP contribution in [-0.4, -0.2) is 29.3 Å². The Morgan fingerprint density at radius 3 is 2.44 bits per heavy atom. The molecule has 0 saturated carbocycles. The van der Waals surface area contributed by atoms with Crippen molar-refractivity contribution < 1.29 is 1.43 Å². The lowest BCUT2D eigenvalue weighted by Gasteiger charge is -2.03. The zero-order valence-corrected chi connectivity index (χ0v) is 5.84. The Morgan fingerprint density at radius 1 is 1.56 bits per heavy atom. The van der Waals surface area contributed by atoms with Gasteiger partial charge in [-0.2, -0.15) is 4.98 Å². The molecule has 1 aromatic rings. The van der Waals surface area contributed by atoms with Gasteiger partial charge in [-0.05, 0) is 6.92 Å². The molecule has 0 fully saturated rings. The van der Waals surface area contributed by atoms with Gasteiger partial charge >= 0.3 is 0 Å². The molecule has 1 aromatic heterocycles. The van der Waals surface area contributed by atoms with Gasteiger partial charge in [0.15, 0.2) is 0 Å². The number of anilines is 1. The Morgan fingerprint density at radius 2 is 2.22 bits per heavy atom. The third-order valence-corrected chi connectivity index (χ3v) is 0.985. The van der Waals surface area contributed by atoms with E-state index < -0.39 is 0 Å². The molecule has 4 heteroatoms. The summed E-state index contributed by atoms with van der Waals surface area (Å²) >= 11 is 0. The summed E-state index contributed by atoms with van der Waals surface area (Å²) in [5.41, 5.74) is 0. The minimum absolute atomic E-state index is 0. The molecule has 1 rings (SSSR count). The molecule has 0 spiro atoms. The van der Waals surface area contributed by atoms with Crippen LogP contribution in [0.4, 0.5) is 5.95 Å². The zero-order chi connectivity index (χ0) is 6.85. The molecule has 0 amide bonds. The molecular weight excluding hydrogens is 116 g/mol. The minimum Gasteiger partial charge on any atom is -0.346 e. The van der Waals surface area contributed by atoms with Gasteiger partial charge in [0.1, 0.15) is 5.82 Å². The van der Waals surface area contributed by atoms with Crippen LogP contribution in [0.1, 0.15) is 7.25 Å². The molecule has 0 unspecified atom stereocenters. The molecular formula is C5H12N4. The predicted molar refractivity (Wildman–Crippen MR) is 37.6 cm³/mol. The zero-order valence-electron chi connectivity index (χ0n) is 5.84. The average Bonchev–Trinajstić information content (AvgIpc) is 2.14. The molecule has 0 aliphatic rings. The molecule has 1 heterocycles. The van der Waals surface area contributed by atoms with E-state index in [1.165, 1.54) is 0 Å². The van der Waals surface area contributed by atoms with Crippen LogP contribution in [0, 0.1) is 6.92 Å². The fourth-order valence-electron chi connectivity index (χ4n) is 0.531. The van der Waals surface area contributed by atoms with Gasteiger partial charge in [0, 0.05) is 15.5 Å². The molecule has 0 bridgehead atoms. The Hall–Kier alpha value is -1.06. The summed E-state index contributed by atoms with van der Waals surface area (Å²) < 4.78 is 0. The quantitative estimate of drug-likeness (QED) is 0.596. The van der Waals surface area contributed by atoms with Gasteiger partial charge in [0.2, 0.25) is 5.95 Å². The van der Waals surface area contributed by atoms with Crippen molar-refractivity contribution in [1.29, 1.82) is 0 Å². The molecule has 0 atom stereocenters. The SMILES string of the molecule is Cc1nc(N(C)C)n[nH]1.[HH]. The van der Waals surface area contributed by atoms with E-state index in [2.05, 4.69) is 15.2 Å². The first-order valence-corrected chi connectivity index (χ1v) is 2.76. The number of aromatic nitrogens is 3. The normalized spacial score (nSPS) is 9.67. The summed E-state index contributed by atoms with van der Waals surface area (Å²) in [7, 11) is 3.81. The highest BCUT2D eigenvalue weighted by Gasteiger charge is 1.98. The molecule has 1 N–H and O–H groups in total. The Kier molecular flexibility index (Phi) is 1.38. The maximum atomic E-state index is 4.07. The number of hydrogen-bond donors (Lipinski definition) is 1. The maximum absolute atomic E-state index is 4.07. The van der Waals surface area contributed by atoms with Gasteiger partial charge in [0.25, 0.3) is 0 Å². The van der Waals surface area contributed by atoms with Crippen molar-refractivity contribution >= 4 is 5.95 Å². The second kappa shape index (κ2) is 2.05. The third-order valence-electron chi connectivity index (χ3n) is 0.985. The highest BCUT2D eigenvalue weighted by molar-refractivity contribution is 5.24. The lowest BCUT2D eigenvalue weighted by molar-refractivity contribution is 0.993. The van der Waals surface area contributed by atoms with Crippen LogP contribution in [-0.2, 0) is 0 Å². The summed E-state index contributed by atoms with van der Waals surface area (Å²) in [5, 5.41) is 6.65. The number of hydrogen-bond acceptors (Lipinski definition) is 3. The predicted octanol–water partition coefficient (Wildman–Crippen LogP) is 0.425. The van der Waals surface area contributed by atoms with Crippen LogP contribution in [0.15, 0.2) is 0 Å². The number of aryl methyl sites for hydroxylation is 1. The van der Waals surface area contributed by atoms with E-state index in [-0.39, 0.29) is 1.43 Å². The summed E-state index contributed by atoms with van der Waals surface area (Å²) in [6.07, 6.45) is 0. The molecule has 9 heavy (non-hydrogen) atoms. The standard InChI is InChI=1S/C5H10N4.H2/c1-4-6-5(8-7-4)9(2)3;/h1-3H3,(H,6,7,8);1H. The second-order valence-electron chi connectivity index (χ2n) is 2.12. The molecule has 52 valence electrons. The third kappa shape index (κ3) is 1.19. The Bertz CT molecular complexity index is 195. The van der Waals surface area contributed by atoms with Crippen molar-refractivity contribution in [2.75, 3.05) is 19.0 Å². The molecule has 0 aliphatic heterocycles. The molecule has 4 nitrogen and oxygen atoms in total. The molecule has 0 radical (unpaired) electrons. The highest BCUT2D eigenvalue weighted by atomic mass is 15.3. The fourth-order valence-corrected chi connectivity index (χ4v) is 0.531. The summed E-state index contributed by atoms with van der Waals surface area (Å²) in [5.74, 6) is 1.58. The van der Waals surface area contributed by atoms with Crippen LogP contribution >= 0.6 is 0 Å². The van der Waals surface area contributed by atoms with Crippen molar-refractivity contribution in [2.24, 2.45) is 0 Å². The van der Waals surface area contributed by atoms with Gasteiger partial charge < -0.3 is 4.90 Å². The van der Waals surface area contributed by atoms with Crippen LogP contribution in [0.3, 0.4) is 0 Å². The highest BCUT2D eigenvalue weighted by Crippen LogP contribution is 1.99.